The predicted molar refractivity (Wildman–Crippen MR) is 25.8 cm³/mol. The summed E-state index contributed by atoms with van der Waals surface area (Å²) in [7, 11) is 0. The summed E-state index contributed by atoms with van der Waals surface area (Å²) in [4.78, 5) is 4.51. The molecule has 0 saturated carbocycles. The Labute approximate surface area is 37.8 Å². The van der Waals surface area contributed by atoms with E-state index in [1.165, 1.54) is 0 Å². The smallest absolute Gasteiger partial charge is 0.122 e. The molecule has 0 amide bonds. The predicted octanol–water partition coefficient (Wildman–Crippen LogP) is 1.03. The number of nitrogens with zero attached hydrogens (tertiary/aromatic N) is 1. The van der Waals surface area contributed by atoms with Crippen LogP contribution in [0.15, 0.2) is 5.16 Å². The summed E-state index contributed by atoms with van der Waals surface area (Å²) in [5.74, 6) is 0. The molecule has 0 saturated heterocycles. The fourth-order valence-electron chi connectivity index (χ4n) is 0.264. The summed E-state index contributed by atoms with van der Waals surface area (Å²) >= 11 is 0. The first-order valence-corrected chi connectivity index (χ1v) is 1.64. The van der Waals surface area contributed by atoms with E-state index in [2.05, 4.69) is 9.99 Å². The van der Waals surface area contributed by atoms with Crippen molar-refractivity contribution in [2.24, 2.45) is 5.16 Å². The molecule has 1 rings (SSSR count). The molecule has 1 heterocycles. The van der Waals surface area contributed by atoms with Crippen molar-refractivity contribution in [3.05, 3.63) is 0 Å². The van der Waals surface area contributed by atoms with Crippen LogP contribution in [0.5, 0.6) is 0 Å². The molecular formula is C4H9NO. The summed E-state index contributed by atoms with van der Waals surface area (Å²) in [6.45, 7) is 0.778. The van der Waals surface area contributed by atoms with Gasteiger partial charge in [0.1, 0.15) is 6.61 Å². The van der Waals surface area contributed by atoms with E-state index >= 15 is 0 Å². The number of oxime groups is 1. The average molecular weight is 87.1 g/mol. The van der Waals surface area contributed by atoms with Crippen LogP contribution in [0.1, 0.15) is 13.8 Å². The Morgan fingerprint density at radius 1 is 1.67 bits per heavy atom. The van der Waals surface area contributed by atoms with Crippen LogP contribution in [0.4, 0.5) is 0 Å². The second kappa shape index (κ2) is 2.69. The highest BCUT2D eigenvalue weighted by Crippen LogP contribution is 1.86. The van der Waals surface area contributed by atoms with Crippen LogP contribution in [0, 0.1) is 0 Å². The molecule has 0 bridgehead atoms. The summed E-state index contributed by atoms with van der Waals surface area (Å²) in [6.07, 6.45) is 2.75. The van der Waals surface area contributed by atoms with E-state index in [1.807, 2.05) is 0 Å². The van der Waals surface area contributed by atoms with Crippen molar-refractivity contribution in [2.45, 2.75) is 13.8 Å². The highest BCUT2D eigenvalue weighted by Gasteiger charge is 1.86. The molecule has 0 N–H and O–H groups in total. The van der Waals surface area contributed by atoms with Crippen LogP contribution in [-0.4, -0.2) is 12.8 Å². The molecule has 36 valence electrons. The second-order valence-electron chi connectivity index (χ2n) is 0.910. The van der Waals surface area contributed by atoms with Gasteiger partial charge in [-0.25, -0.2) is 0 Å². The maximum Gasteiger partial charge on any atom is 0.122 e. The molecule has 2 heteroatoms. The third-order valence-corrected chi connectivity index (χ3v) is 0.487. The molecule has 0 aromatic rings. The van der Waals surface area contributed by atoms with E-state index < -0.39 is 0 Å². The number of rotatable bonds is 0. The Balaban J connectivity index is 0.000000250. The van der Waals surface area contributed by atoms with Crippen molar-refractivity contribution < 1.29 is 4.84 Å². The van der Waals surface area contributed by atoms with Crippen molar-refractivity contribution in [3.63, 3.8) is 0 Å². The Morgan fingerprint density at radius 2 is 2.50 bits per heavy atom. The lowest BCUT2D eigenvalue weighted by atomic mass is 10.5. The van der Waals surface area contributed by atoms with Crippen molar-refractivity contribution in [3.8, 4) is 0 Å². The third-order valence-electron chi connectivity index (χ3n) is 0.487. The van der Waals surface area contributed by atoms with Gasteiger partial charge in [0.15, 0.2) is 0 Å². The molecule has 0 unspecified atom stereocenters. The fraction of sp³-hybridized carbons (Fsp3) is 0.750. The van der Waals surface area contributed by atoms with Crippen LogP contribution in [-0.2, 0) is 4.84 Å². The zero-order valence-electron chi connectivity index (χ0n) is 2.85. The largest absolute Gasteiger partial charge is 0.396 e. The van der Waals surface area contributed by atoms with E-state index in [1.54, 1.807) is 6.21 Å². The zero-order valence-corrected chi connectivity index (χ0v) is 2.85. The lowest BCUT2D eigenvalue weighted by Crippen LogP contribution is -1.72. The Bertz CT molecular complexity index is 45.5. The van der Waals surface area contributed by atoms with Gasteiger partial charge in [-0.05, 0) is 0 Å². The summed E-state index contributed by atoms with van der Waals surface area (Å²) < 4.78 is 0. The number of hydrogen-bond acceptors (Lipinski definition) is 2. The van der Waals surface area contributed by atoms with Crippen molar-refractivity contribution in [1.82, 2.24) is 0 Å². The molecule has 0 aromatic carbocycles. The first-order chi connectivity index (χ1) is 2.50. The first kappa shape index (κ1) is 5.47. The zero-order chi connectivity index (χ0) is 3.54. The molecule has 0 aliphatic carbocycles. The molecule has 1 aliphatic heterocycles. The van der Waals surface area contributed by atoms with Gasteiger partial charge >= 0.3 is 0 Å². The fourth-order valence-corrected chi connectivity index (χ4v) is 0.264. The normalized spacial score (nSPS) is 16.0. The second-order valence-corrected chi connectivity index (χ2v) is 0.910. The third kappa shape index (κ3) is 1.06. The van der Waals surface area contributed by atoms with Crippen molar-refractivity contribution >= 4 is 6.21 Å². The average Bonchev–Trinajstić information content (AvgIpc) is 1.76. The van der Waals surface area contributed by atoms with Gasteiger partial charge < -0.3 is 4.84 Å². The number of hydrogen-bond donors (Lipinski definition) is 0. The molecule has 0 atom stereocenters. The van der Waals surface area contributed by atoms with Gasteiger partial charge in [0.2, 0.25) is 0 Å². The van der Waals surface area contributed by atoms with E-state index in [4.69, 9.17) is 0 Å². The Kier molecular flexibility index (Phi) is 2.46. The van der Waals surface area contributed by atoms with Crippen LogP contribution in [0.3, 0.4) is 0 Å². The summed E-state index contributed by atoms with van der Waals surface area (Å²) in [5, 5.41) is 3.46. The van der Waals surface area contributed by atoms with Crippen molar-refractivity contribution in [1.29, 1.82) is 0 Å². The highest BCUT2D eigenvalue weighted by molar-refractivity contribution is 5.57. The van der Waals surface area contributed by atoms with Crippen molar-refractivity contribution in [2.75, 3.05) is 6.61 Å². The lowest BCUT2D eigenvalue weighted by Gasteiger charge is -1.76. The minimum Gasteiger partial charge on any atom is -0.396 e. The standard InChI is InChI=1S/C3H5NO.CH4/c1-2-4-5-3-1;/h2H,1,3H2;1H4. The van der Waals surface area contributed by atoms with E-state index in [0.717, 1.165) is 13.0 Å². The van der Waals surface area contributed by atoms with Gasteiger partial charge in [-0.3, -0.25) is 0 Å². The van der Waals surface area contributed by atoms with Crippen LogP contribution in [0.2, 0.25) is 0 Å². The van der Waals surface area contributed by atoms with Gasteiger partial charge in [-0.2, -0.15) is 0 Å². The Hall–Kier alpha value is -0.530. The molecule has 0 fully saturated rings. The maximum absolute atomic E-state index is 4.51. The van der Waals surface area contributed by atoms with Crippen LogP contribution < -0.4 is 0 Å². The SMILES string of the molecule is C.C1=NOCC1. The molecule has 0 radical (unpaired) electrons. The molecular weight excluding hydrogens is 78.0 g/mol. The first-order valence-electron chi connectivity index (χ1n) is 1.64. The maximum atomic E-state index is 4.51. The quantitative estimate of drug-likeness (QED) is 0.432. The highest BCUT2D eigenvalue weighted by atomic mass is 16.6. The molecule has 2 nitrogen and oxygen atoms in total. The lowest BCUT2D eigenvalue weighted by molar-refractivity contribution is 0.174. The Morgan fingerprint density at radius 3 is 2.67 bits per heavy atom. The molecule has 0 aromatic heterocycles. The molecule has 1 aliphatic rings. The van der Waals surface area contributed by atoms with Gasteiger partial charge in [0.05, 0.1) is 0 Å². The minimum atomic E-state index is 0. The molecule has 0 spiro atoms. The minimum absolute atomic E-state index is 0. The van der Waals surface area contributed by atoms with Gasteiger partial charge in [0, 0.05) is 12.6 Å². The van der Waals surface area contributed by atoms with Crippen LogP contribution in [0.25, 0.3) is 0 Å². The van der Waals surface area contributed by atoms with E-state index in [0.29, 0.717) is 0 Å². The topological polar surface area (TPSA) is 21.6 Å². The van der Waals surface area contributed by atoms with E-state index in [9.17, 15) is 0 Å². The van der Waals surface area contributed by atoms with Gasteiger partial charge in [-0.15, -0.1) is 0 Å². The van der Waals surface area contributed by atoms with E-state index in [-0.39, 0.29) is 7.43 Å². The van der Waals surface area contributed by atoms with Gasteiger partial charge in [0.25, 0.3) is 0 Å². The van der Waals surface area contributed by atoms with Gasteiger partial charge in [-0.1, -0.05) is 12.6 Å². The monoisotopic (exact) mass is 87.1 g/mol. The van der Waals surface area contributed by atoms with Crippen LogP contribution >= 0.6 is 0 Å². The summed E-state index contributed by atoms with van der Waals surface area (Å²) in [5.41, 5.74) is 0. The summed E-state index contributed by atoms with van der Waals surface area (Å²) in [6, 6.07) is 0. The molecule has 6 heavy (non-hydrogen) atoms.